The van der Waals surface area contributed by atoms with Crippen LogP contribution in [0.5, 0.6) is 0 Å². The van der Waals surface area contributed by atoms with Crippen LogP contribution in [0.1, 0.15) is 20.8 Å². The van der Waals surface area contributed by atoms with Gasteiger partial charge in [-0.25, -0.2) is 0 Å². The van der Waals surface area contributed by atoms with Crippen molar-refractivity contribution in [2.45, 2.75) is 20.8 Å². The average molecular weight is 114 g/mol. The average Bonchev–Trinajstić information content (AvgIpc) is 1.71. The molecule has 0 aromatic carbocycles. The molecule has 0 aliphatic rings. The molecule has 0 saturated heterocycles. The summed E-state index contributed by atoms with van der Waals surface area (Å²) < 4.78 is 4.83. The Bertz CT molecular complexity index is 49.9. The van der Waals surface area contributed by atoms with E-state index >= 15 is 0 Å². The Balaban J connectivity index is 0. The minimum Gasteiger partial charge on any atom is -0.382 e. The van der Waals surface area contributed by atoms with E-state index in [1.54, 1.807) is 6.92 Å². The minimum absolute atomic E-state index is 0.844. The second-order valence-electron chi connectivity index (χ2n) is 1.07. The third kappa shape index (κ3) is 48.8. The van der Waals surface area contributed by atoms with Crippen LogP contribution in [0.2, 0.25) is 0 Å². The van der Waals surface area contributed by atoms with Gasteiger partial charge in [-0.05, 0) is 20.8 Å². The zero-order valence-corrected chi connectivity index (χ0v) is 5.90. The molecule has 0 aliphatic heterocycles. The van der Waals surface area contributed by atoms with Gasteiger partial charge in [0.25, 0.3) is 0 Å². The van der Waals surface area contributed by atoms with Crippen LogP contribution in [0.15, 0.2) is 0 Å². The SMILES string of the molecule is C#CC.CCOCC. The monoisotopic (exact) mass is 114 g/mol. The number of rotatable bonds is 2. The first kappa shape index (κ1) is 10.5. The molecule has 0 unspecified atom stereocenters. The van der Waals surface area contributed by atoms with E-state index in [1.807, 2.05) is 13.8 Å². The second-order valence-corrected chi connectivity index (χ2v) is 1.07. The standard InChI is InChI=1S/C4H10O.C3H4/c1-3-5-4-2;1-3-2/h3-4H2,1-2H3;1H,2H3. The van der Waals surface area contributed by atoms with Gasteiger partial charge in [-0.2, -0.15) is 0 Å². The van der Waals surface area contributed by atoms with Crippen LogP contribution >= 0.6 is 0 Å². The summed E-state index contributed by atoms with van der Waals surface area (Å²) in [6, 6.07) is 0. The van der Waals surface area contributed by atoms with Crippen LogP contribution in [0.4, 0.5) is 0 Å². The summed E-state index contributed by atoms with van der Waals surface area (Å²) in [6.45, 7) is 7.32. The van der Waals surface area contributed by atoms with E-state index in [0.29, 0.717) is 0 Å². The highest BCUT2D eigenvalue weighted by Crippen LogP contribution is 1.64. The third-order valence-electron chi connectivity index (χ3n) is 0.408. The van der Waals surface area contributed by atoms with E-state index in [2.05, 4.69) is 12.3 Å². The summed E-state index contributed by atoms with van der Waals surface area (Å²) in [5.74, 6) is 2.25. The third-order valence-corrected chi connectivity index (χ3v) is 0.408. The van der Waals surface area contributed by atoms with E-state index in [0.717, 1.165) is 13.2 Å². The van der Waals surface area contributed by atoms with Crippen LogP contribution < -0.4 is 0 Å². The van der Waals surface area contributed by atoms with E-state index in [9.17, 15) is 0 Å². The second kappa shape index (κ2) is 16.0. The van der Waals surface area contributed by atoms with Gasteiger partial charge in [0.15, 0.2) is 0 Å². The molecule has 0 rings (SSSR count). The Hall–Kier alpha value is -0.480. The lowest BCUT2D eigenvalue weighted by Crippen LogP contribution is -1.84. The van der Waals surface area contributed by atoms with Crippen molar-refractivity contribution in [3.8, 4) is 12.3 Å². The number of ether oxygens (including phenoxy) is 1. The molecule has 0 atom stereocenters. The molecule has 8 heavy (non-hydrogen) atoms. The summed E-state index contributed by atoms with van der Waals surface area (Å²) >= 11 is 0. The van der Waals surface area contributed by atoms with Crippen molar-refractivity contribution in [2.75, 3.05) is 13.2 Å². The van der Waals surface area contributed by atoms with Crippen LogP contribution in [-0.4, -0.2) is 13.2 Å². The molecule has 0 heterocycles. The molecule has 0 fully saturated rings. The largest absolute Gasteiger partial charge is 0.382 e. The molecule has 1 heteroatoms. The zero-order valence-electron chi connectivity index (χ0n) is 5.90. The van der Waals surface area contributed by atoms with E-state index < -0.39 is 0 Å². The van der Waals surface area contributed by atoms with Crippen LogP contribution in [0, 0.1) is 12.3 Å². The molecule has 0 N–H and O–H groups in total. The van der Waals surface area contributed by atoms with Gasteiger partial charge in [0.05, 0.1) is 0 Å². The fraction of sp³-hybridized carbons (Fsp3) is 0.714. The first-order chi connectivity index (χ1) is 3.83. The van der Waals surface area contributed by atoms with Crippen molar-refractivity contribution < 1.29 is 4.74 Å². The summed E-state index contributed by atoms with van der Waals surface area (Å²) in [5, 5.41) is 0. The molecule has 48 valence electrons. The predicted octanol–water partition coefficient (Wildman–Crippen LogP) is 1.68. The Labute approximate surface area is 52.0 Å². The predicted molar refractivity (Wildman–Crippen MR) is 36.7 cm³/mol. The summed E-state index contributed by atoms with van der Waals surface area (Å²) in [5.41, 5.74) is 0. The molecule has 0 aromatic heterocycles. The lowest BCUT2D eigenvalue weighted by atomic mass is 10.8. The first-order valence-electron chi connectivity index (χ1n) is 2.78. The maximum atomic E-state index is 4.83. The highest BCUT2D eigenvalue weighted by atomic mass is 16.5. The van der Waals surface area contributed by atoms with Gasteiger partial charge < -0.3 is 4.74 Å². The fourth-order valence-electron chi connectivity index (χ4n) is 0.204. The normalized spacial score (nSPS) is 6.25. The zero-order chi connectivity index (χ0) is 6.83. The van der Waals surface area contributed by atoms with Crippen molar-refractivity contribution in [3.63, 3.8) is 0 Å². The Morgan fingerprint density at radius 1 is 1.38 bits per heavy atom. The van der Waals surface area contributed by atoms with Crippen LogP contribution in [-0.2, 0) is 4.74 Å². The molecule has 0 aliphatic carbocycles. The smallest absolute Gasteiger partial charge is 0.0437 e. The number of terminal acetylenes is 1. The molecular formula is C7H14O. The van der Waals surface area contributed by atoms with Gasteiger partial charge in [-0.1, -0.05) is 0 Å². The lowest BCUT2D eigenvalue weighted by Gasteiger charge is -1.86. The van der Waals surface area contributed by atoms with Crippen LogP contribution in [0.25, 0.3) is 0 Å². The van der Waals surface area contributed by atoms with E-state index in [4.69, 9.17) is 4.74 Å². The van der Waals surface area contributed by atoms with E-state index in [-0.39, 0.29) is 0 Å². The number of hydrogen-bond acceptors (Lipinski definition) is 1. The van der Waals surface area contributed by atoms with Gasteiger partial charge in [-0.3, -0.25) is 0 Å². The molecule has 0 amide bonds. The lowest BCUT2D eigenvalue weighted by molar-refractivity contribution is 0.162. The quantitative estimate of drug-likeness (QED) is 0.496. The fourth-order valence-corrected chi connectivity index (χ4v) is 0.204. The molecular weight excluding hydrogens is 100 g/mol. The first-order valence-corrected chi connectivity index (χ1v) is 2.78. The van der Waals surface area contributed by atoms with Crippen molar-refractivity contribution in [1.82, 2.24) is 0 Å². The summed E-state index contributed by atoms with van der Waals surface area (Å²) in [7, 11) is 0. The molecule has 0 aromatic rings. The van der Waals surface area contributed by atoms with Crippen LogP contribution in [0.3, 0.4) is 0 Å². The summed E-state index contributed by atoms with van der Waals surface area (Å²) in [4.78, 5) is 0. The molecule has 0 radical (unpaired) electrons. The van der Waals surface area contributed by atoms with Crippen molar-refractivity contribution in [1.29, 1.82) is 0 Å². The van der Waals surface area contributed by atoms with Gasteiger partial charge in [0.2, 0.25) is 0 Å². The molecule has 1 nitrogen and oxygen atoms in total. The topological polar surface area (TPSA) is 9.23 Å². The highest BCUT2D eigenvalue weighted by Gasteiger charge is 1.64. The van der Waals surface area contributed by atoms with Gasteiger partial charge in [0, 0.05) is 13.2 Å². The van der Waals surface area contributed by atoms with Gasteiger partial charge in [0.1, 0.15) is 0 Å². The van der Waals surface area contributed by atoms with Crippen molar-refractivity contribution >= 4 is 0 Å². The van der Waals surface area contributed by atoms with Gasteiger partial charge >= 0.3 is 0 Å². The minimum atomic E-state index is 0.844. The Morgan fingerprint density at radius 3 is 1.62 bits per heavy atom. The Morgan fingerprint density at radius 2 is 1.62 bits per heavy atom. The summed E-state index contributed by atoms with van der Waals surface area (Å²) in [6.07, 6.45) is 4.60. The maximum absolute atomic E-state index is 4.83. The molecule has 0 spiro atoms. The highest BCUT2D eigenvalue weighted by molar-refractivity contribution is 4.73. The van der Waals surface area contributed by atoms with Crippen molar-refractivity contribution in [2.24, 2.45) is 0 Å². The Kier molecular flexibility index (Phi) is 21.0. The van der Waals surface area contributed by atoms with E-state index in [1.165, 1.54) is 0 Å². The van der Waals surface area contributed by atoms with Crippen molar-refractivity contribution in [3.05, 3.63) is 0 Å². The maximum Gasteiger partial charge on any atom is 0.0437 e. The number of hydrogen-bond donors (Lipinski definition) is 0. The van der Waals surface area contributed by atoms with Gasteiger partial charge in [-0.15, -0.1) is 12.3 Å². The molecule has 0 saturated carbocycles. The molecule has 0 bridgehead atoms.